The van der Waals surface area contributed by atoms with Gasteiger partial charge in [0.05, 0.1) is 12.2 Å². The van der Waals surface area contributed by atoms with E-state index in [1.165, 1.54) is 6.20 Å². The van der Waals surface area contributed by atoms with Crippen molar-refractivity contribution in [3.63, 3.8) is 0 Å². The Kier molecular flexibility index (Phi) is 6.14. The monoisotopic (exact) mass is 319 g/mol. The minimum atomic E-state index is -2.62. The molecule has 0 saturated heterocycles. The summed E-state index contributed by atoms with van der Waals surface area (Å²) in [6.07, 6.45) is 1.37. The van der Waals surface area contributed by atoms with Crippen molar-refractivity contribution in [1.29, 1.82) is 0 Å². The molecule has 2 heterocycles. The van der Waals surface area contributed by atoms with E-state index in [1.807, 2.05) is 17.7 Å². The van der Waals surface area contributed by atoms with Crippen LogP contribution < -0.4 is 5.32 Å². The minimum absolute atomic E-state index is 0. The molecule has 1 N–H and O–H groups in total. The Morgan fingerprint density at radius 3 is 2.67 bits per heavy atom. The third-order valence-electron chi connectivity index (χ3n) is 2.91. The molecule has 2 rings (SSSR count). The summed E-state index contributed by atoms with van der Waals surface area (Å²) in [6, 6.07) is 3.47. The number of hydrogen-bond acceptors (Lipinski definition) is 3. The lowest BCUT2D eigenvalue weighted by atomic mass is 10.2. The average Bonchev–Trinajstić information content (AvgIpc) is 2.93. The molecular weight excluding hydrogens is 300 g/mol. The second kappa shape index (κ2) is 7.40. The average molecular weight is 320 g/mol. The minimum Gasteiger partial charge on any atom is -0.363 e. The number of alkyl halides is 2. The number of halogens is 3. The molecule has 0 radical (unpaired) electrons. The van der Waals surface area contributed by atoms with Crippen molar-refractivity contribution in [3.8, 4) is 0 Å². The number of aryl methyl sites for hydroxylation is 1. The Hall–Kier alpha value is -1.63. The van der Waals surface area contributed by atoms with Gasteiger partial charge in [-0.15, -0.1) is 12.4 Å². The lowest BCUT2D eigenvalue weighted by Crippen LogP contribution is -2.11. The van der Waals surface area contributed by atoms with Gasteiger partial charge in [0, 0.05) is 24.5 Å². The standard InChI is InChI=1S/C13H19F2N5.ClH/c1-9(2)8-19-10(3)6-12(18-19)16-7-11-4-5-17-20(11)13(14)15;/h4-6,9,13H,7-8H2,1-3H3,(H,16,18);1H. The van der Waals surface area contributed by atoms with Crippen molar-refractivity contribution in [1.82, 2.24) is 19.6 Å². The maximum absolute atomic E-state index is 12.7. The van der Waals surface area contributed by atoms with Gasteiger partial charge in [-0.3, -0.25) is 4.68 Å². The molecule has 0 fully saturated rings. The molecule has 0 atom stereocenters. The van der Waals surface area contributed by atoms with E-state index in [1.54, 1.807) is 6.07 Å². The normalized spacial score (nSPS) is 11.0. The van der Waals surface area contributed by atoms with Gasteiger partial charge in [0.15, 0.2) is 0 Å². The first kappa shape index (κ1) is 17.4. The molecule has 0 aliphatic heterocycles. The fourth-order valence-corrected chi connectivity index (χ4v) is 1.97. The number of rotatable bonds is 6. The Morgan fingerprint density at radius 1 is 1.33 bits per heavy atom. The fraction of sp³-hybridized carbons (Fsp3) is 0.538. The quantitative estimate of drug-likeness (QED) is 0.887. The Bertz CT molecular complexity index is 565. The largest absolute Gasteiger partial charge is 0.363 e. The van der Waals surface area contributed by atoms with Gasteiger partial charge < -0.3 is 5.32 Å². The van der Waals surface area contributed by atoms with E-state index < -0.39 is 6.55 Å². The molecule has 0 amide bonds. The van der Waals surface area contributed by atoms with Gasteiger partial charge in [-0.2, -0.15) is 19.0 Å². The van der Waals surface area contributed by atoms with Crippen LogP contribution in [0.15, 0.2) is 18.3 Å². The number of hydrogen-bond donors (Lipinski definition) is 1. The van der Waals surface area contributed by atoms with Crippen molar-refractivity contribution in [3.05, 3.63) is 29.7 Å². The maximum Gasteiger partial charge on any atom is 0.333 e. The summed E-state index contributed by atoms with van der Waals surface area (Å²) in [6.45, 7) is 4.70. The van der Waals surface area contributed by atoms with Crippen LogP contribution >= 0.6 is 12.4 Å². The van der Waals surface area contributed by atoms with Crippen LogP contribution in [0.25, 0.3) is 0 Å². The van der Waals surface area contributed by atoms with Crippen molar-refractivity contribution in [2.75, 3.05) is 5.32 Å². The van der Waals surface area contributed by atoms with E-state index in [2.05, 4.69) is 29.4 Å². The van der Waals surface area contributed by atoms with Crippen LogP contribution in [-0.4, -0.2) is 19.6 Å². The van der Waals surface area contributed by atoms with Gasteiger partial charge in [0.25, 0.3) is 0 Å². The Labute approximate surface area is 128 Å². The molecule has 118 valence electrons. The summed E-state index contributed by atoms with van der Waals surface area (Å²) in [5, 5.41) is 11.1. The first-order valence-electron chi connectivity index (χ1n) is 6.56. The smallest absolute Gasteiger partial charge is 0.333 e. The highest BCUT2D eigenvalue weighted by Crippen LogP contribution is 2.15. The van der Waals surface area contributed by atoms with E-state index >= 15 is 0 Å². The Morgan fingerprint density at radius 2 is 2.05 bits per heavy atom. The molecule has 8 heteroatoms. The molecule has 0 saturated carbocycles. The highest BCUT2D eigenvalue weighted by atomic mass is 35.5. The highest BCUT2D eigenvalue weighted by Gasteiger charge is 2.12. The van der Waals surface area contributed by atoms with Crippen LogP contribution in [0.2, 0.25) is 0 Å². The number of aromatic nitrogens is 4. The van der Waals surface area contributed by atoms with Crippen LogP contribution in [0.3, 0.4) is 0 Å². The van der Waals surface area contributed by atoms with Crippen LogP contribution in [0.1, 0.15) is 31.8 Å². The molecule has 2 aromatic rings. The summed E-state index contributed by atoms with van der Waals surface area (Å²) >= 11 is 0. The highest BCUT2D eigenvalue weighted by molar-refractivity contribution is 5.85. The fourth-order valence-electron chi connectivity index (χ4n) is 1.97. The van der Waals surface area contributed by atoms with Gasteiger partial charge in [0.2, 0.25) is 0 Å². The van der Waals surface area contributed by atoms with Crippen molar-refractivity contribution in [2.24, 2.45) is 5.92 Å². The van der Waals surface area contributed by atoms with Crippen LogP contribution in [0.5, 0.6) is 0 Å². The molecule has 2 aromatic heterocycles. The number of nitrogens with one attached hydrogen (secondary N) is 1. The molecule has 0 aliphatic rings. The van der Waals surface area contributed by atoms with E-state index in [9.17, 15) is 8.78 Å². The summed E-state index contributed by atoms with van der Waals surface area (Å²) in [5.41, 5.74) is 1.47. The van der Waals surface area contributed by atoms with Crippen LogP contribution in [-0.2, 0) is 13.1 Å². The molecule has 0 bridgehead atoms. The third-order valence-corrected chi connectivity index (χ3v) is 2.91. The summed E-state index contributed by atoms with van der Waals surface area (Å²) < 4.78 is 27.9. The molecule has 0 spiro atoms. The molecule has 0 aliphatic carbocycles. The molecular formula is C13H20ClF2N5. The first-order chi connectivity index (χ1) is 9.47. The van der Waals surface area contributed by atoms with E-state index in [-0.39, 0.29) is 19.0 Å². The van der Waals surface area contributed by atoms with Crippen molar-refractivity contribution >= 4 is 18.2 Å². The van der Waals surface area contributed by atoms with Crippen molar-refractivity contribution in [2.45, 2.75) is 40.4 Å². The summed E-state index contributed by atoms with van der Waals surface area (Å²) in [4.78, 5) is 0. The molecule has 0 aromatic carbocycles. The lowest BCUT2D eigenvalue weighted by molar-refractivity contribution is 0.0537. The molecule has 21 heavy (non-hydrogen) atoms. The van der Waals surface area contributed by atoms with Gasteiger partial charge in [-0.1, -0.05) is 13.8 Å². The zero-order chi connectivity index (χ0) is 14.7. The summed E-state index contributed by atoms with van der Waals surface area (Å²) in [5.74, 6) is 1.19. The predicted molar refractivity (Wildman–Crippen MR) is 79.9 cm³/mol. The molecule has 0 unspecified atom stereocenters. The zero-order valence-electron chi connectivity index (χ0n) is 12.3. The SMILES string of the molecule is Cc1cc(NCc2ccnn2C(F)F)nn1CC(C)C.Cl. The second-order valence-electron chi connectivity index (χ2n) is 5.15. The molecule has 5 nitrogen and oxygen atoms in total. The number of nitrogens with zero attached hydrogens (tertiary/aromatic N) is 4. The third kappa shape index (κ3) is 4.42. The van der Waals surface area contributed by atoms with Crippen LogP contribution in [0, 0.1) is 12.8 Å². The Balaban J connectivity index is 0.00000220. The lowest BCUT2D eigenvalue weighted by Gasteiger charge is -2.07. The van der Waals surface area contributed by atoms with Gasteiger partial charge >= 0.3 is 6.55 Å². The maximum atomic E-state index is 12.7. The van der Waals surface area contributed by atoms with E-state index in [0.29, 0.717) is 22.1 Å². The van der Waals surface area contributed by atoms with Gasteiger partial charge in [0.1, 0.15) is 5.82 Å². The summed E-state index contributed by atoms with van der Waals surface area (Å²) in [7, 11) is 0. The van der Waals surface area contributed by atoms with Crippen molar-refractivity contribution < 1.29 is 8.78 Å². The van der Waals surface area contributed by atoms with Gasteiger partial charge in [-0.05, 0) is 18.9 Å². The van der Waals surface area contributed by atoms with Crippen LogP contribution in [0.4, 0.5) is 14.6 Å². The van der Waals surface area contributed by atoms with E-state index in [4.69, 9.17) is 0 Å². The topological polar surface area (TPSA) is 47.7 Å². The first-order valence-corrected chi connectivity index (χ1v) is 6.56. The van der Waals surface area contributed by atoms with Gasteiger partial charge in [-0.25, -0.2) is 4.68 Å². The zero-order valence-corrected chi connectivity index (χ0v) is 13.1. The second-order valence-corrected chi connectivity index (χ2v) is 5.15. The number of anilines is 1. The van der Waals surface area contributed by atoms with E-state index in [0.717, 1.165) is 12.2 Å². The predicted octanol–water partition coefficient (Wildman–Crippen LogP) is 3.47.